The molecule has 0 aliphatic rings. The Morgan fingerprint density at radius 2 is 2.38 bits per heavy atom. The van der Waals surface area contributed by atoms with Crippen LogP contribution >= 0.6 is 11.3 Å². The van der Waals surface area contributed by atoms with Crippen LogP contribution in [-0.4, -0.2) is 51.4 Å². The van der Waals surface area contributed by atoms with Crippen molar-refractivity contribution in [1.82, 2.24) is 0 Å². The minimum Gasteiger partial charge on any atom is -0.192 e. The van der Waals surface area contributed by atoms with Crippen molar-refractivity contribution in [1.29, 1.82) is 5.26 Å². The molecule has 0 atom stereocenters. The van der Waals surface area contributed by atoms with Gasteiger partial charge < -0.3 is 0 Å². The van der Waals surface area contributed by atoms with Gasteiger partial charge in [0.25, 0.3) is 0 Å². The summed E-state index contributed by atoms with van der Waals surface area (Å²) >= 11 is 1.46. The molecule has 0 fully saturated rings. The SMILES string of the molecule is N#Cc1cccs1.[K]. The van der Waals surface area contributed by atoms with Crippen molar-refractivity contribution < 1.29 is 0 Å². The Labute approximate surface area is 94.8 Å². The maximum absolute atomic E-state index is 8.19. The Bertz CT molecular complexity index is 175. The summed E-state index contributed by atoms with van der Waals surface area (Å²) in [4.78, 5) is 0.778. The van der Waals surface area contributed by atoms with E-state index in [0.29, 0.717) is 0 Å². The van der Waals surface area contributed by atoms with Gasteiger partial charge in [-0.25, -0.2) is 0 Å². The van der Waals surface area contributed by atoms with Gasteiger partial charge in [0.15, 0.2) is 0 Å². The minimum absolute atomic E-state index is 0. The maximum Gasteiger partial charge on any atom is 0.110 e. The van der Waals surface area contributed by atoms with E-state index < -0.39 is 0 Å². The van der Waals surface area contributed by atoms with Gasteiger partial charge >= 0.3 is 0 Å². The van der Waals surface area contributed by atoms with Crippen molar-refractivity contribution in [2.75, 3.05) is 0 Å². The fourth-order valence-electron chi connectivity index (χ4n) is 0.342. The first-order valence-corrected chi connectivity index (χ1v) is 2.75. The molecule has 1 heterocycles. The first kappa shape index (κ1) is 8.83. The largest absolute Gasteiger partial charge is 0.192 e. The predicted octanol–water partition coefficient (Wildman–Crippen LogP) is 1.24. The summed E-state index contributed by atoms with van der Waals surface area (Å²) in [6.45, 7) is 0. The van der Waals surface area contributed by atoms with Gasteiger partial charge in [0, 0.05) is 51.4 Å². The van der Waals surface area contributed by atoms with Crippen molar-refractivity contribution in [3.8, 4) is 6.07 Å². The maximum atomic E-state index is 8.19. The molecule has 1 rings (SSSR count). The van der Waals surface area contributed by atoms with E-state index in [9.17, 15) is 0 Å². The Balaban J connectivity index is 0.000000490. The number of hydrogen-bond donors (Lipinski definition) is 0. The average Bonchev–Trinajstić information content (AvgIpc) is 2.14. The van der Waals surface area contributed by atoms with Crippen LogP contribution in [0.15, 0.2) is 17.5 Å². The second kappa shape index (κ2) is 4.68. The van der Waals surface area contributed by atoms with Crippen LogP contribution in [0.3, 0.4) is 0 Å². The molecule has 0 aliphatic heterocycles. The van der Waals surface area contributed by atoms with E-state index in [4.69, 9.17) is 5.26 Å². The van der Waals surface area contributed by atoms with E-state index >= 15 is 0 Å². The summed E-state index contributed by atoms with van der Waals surface area (Å²) in [5, 5.41) is 10.1. The number of rotatable bonds is 0. The third-order valence-corrected chi connectivity index (χ3v) is 1.41. The van der Waals surface area contributed by atoms with Gasteiger partial charge in [0.05, 0.1) is 0 Å². The van der Waals surface area contributed by atoms with Crippen molar-refractivity contribution >= 4 is 62.7 Å². The molecule has 1 aromatic rings. The molecule has 0 aliphatic carbocycles. The summed E-state index contributed by atoms with van der Waals surface area (Å²) in [6, 6.07) is 5.69. The molecule has 35 valence electrons. The smallest absolute Gasteiger partial charge is 0.110 e. The minimum atomic E-state index is 0. The molecular weight excluding hydrogens is 145 g/mol. The fourth-order valence-corrected chi connectivity index (χ4v) is 0.856. The molecule has 0 amide bonds. The number of nitriles is 1. The molecule has 3 heteroatoms. The summed E-state index contributed by atoms with van der Waals surface area (Å²) < 4.78 is 0. The van der Waals surface area contributed by atoms with E-state index in [0.717, 1.165) is 4.88 Å². The molecule has 1 aromatic heterocycles. The molecule has 1 nitrogen and oxygen atoms in total. The molecule has 0 N–H and O–H groups in total. The van der Waals surface area contributed by atoms with E-state index in [1.165, 1.54) is 11.3 Å². The van der Waals surface area contributed by atoms with Crippen LogP contribution in [0.1, 0.15) is 4.88 Å². The van der Waals surface area contributed by atoms with E-state index in [2.05, 4.69) is 0 Å². The van der Waals surface area contributed by atoms with E-state index in [1.54, 1.807) is 6.07 Å². The Kier molecular flexibility index (Phi) is 5.16. The summed E-state index contributed by atoms with van der Waals surface area (Å²) in [7, 11) is 0. The second-order valence-corrected chi connectivity index (χ2v) is 2.04. The molecule has 0 aromatic carbocycles. The van der Waals surface area contributed by atoms with Crippen molar-refractivity contribution in [3.63, 3.8) is 0 Å². The van der Waals surface area contributed by atoms with Gasteiger partial charge in [0.1, 0.15) is 10.9 Å². The van der Waals surface area contributed by atoms with Crippen LogP contribution in [0.4, 0.5) is 0 Å². The van der Waals surface area contributed by atoms with Crippen LogP contribution in [0.2, 0.25) is 0 Å². The molecule has 1 radical (unpaired) electrons. The van der Waals surface area contributed by atoms with Gasteiger partial charge in [-0.15, -0.1) is 11.3 Å². The Morgan fingerprint density at radius 3 is 2.62 bits per heavy atom. The van der Waals surface area contributed by atoms with Gasteiger partial charge in [-0.05, 0) is 11.4 Å². The van der Waals surface area contributed by atoms with Gasteiger partial charge in [-0.3, -0.25) is 0 Å². The zero-order chi connectivity index (χ0) is 5.11. The summed E-state index contributed by atoms with van der Waals surface area (Å²) in [5.74, 6) is 0. The Hall–Kier alpha value is 0.826. The van der Waals surface area contributed by atoms with Crippen LogP contribution < -0.4 is 0 Å². The number of hydrogen-bond acceptors (Lipinski definition) is 2. The molecule has 0 bridgehead atoms. The topological polar surface area (TPSA) is 23.8 Å². The van der Waals surface area contributed by atoms with E-state index in [1.807, 2.05) is 17.5 Å². The quantitative estimate of drug-likeness (QED) is 0.508. The zero-order valence-electron chi connectivity index (χ0n) is 4.59. The molecule has 0 saturated carbocycles. The molecule has 0 unspecified atom stereocenters. The molecule has 0 spiro atoms. The van der Waals surface area contributed by atoms with Crippen LogP contribution in [0.5, 0.6) is 0 Å². The second-order valence-electron chi connectivity index (χ2n) is 1.09. The van der Waals surface area contributed by atoms with Crippen molar-refractivity contribution in [3.05, 3.63) is 22.4 Å². The third kappa shape index (κ3) is 2.40. The first-order chi connectivity index (χ1) is 3.43. The first-order valence-electron chi connectivity index (χ1n) is 1.87. The van der Waals surface area contributed by atoms with Gasteiger partial charge in [-0.2, -0.15) is 5.26 Å². The van der Waals surface area contributed by atoms with Crippen molar-refractivity contribution in [2.24, 2.45) is 0 Å². The predicted molar refractivity (Wildman–Crippen MR) is 34.8 cm³/mol. The average molecular weight is 148 g/mol. The Morgan fingerprint density at radius 1 is 1.62 bits per heavy atom. The third-order valence-electron chi connectivity index (χ3n) is 0.631. The van der Waals surface area contributed by atoms with Gasteiger partial charge in [-0.1, -0.05) is 6.07 Å². The zero-order valence-corrected chi connectivity index (χ0v) is 8.53. The normalized spacial score (nSPS) is 6.88. The molecular formula is C5H3KNS. The van der Waals surface area contributed by atoms with Crippen LogP contribution in [0.25, 0.3) is 0 Å². The summed E-state index contributed by atoms with van der Waals surface area (Å²) in [5.41, 5.74) is 0. The number of thiophene rings is 1. The number of nitrogens with zero attached hydrogens (tertiary/aromatic N) is 1. The van der Waals surface area contributed by atoms with Crippen molar-refractivity contribution in [2.45, 2.75) is 0 Å². The molecule has 8 heavy (non-hydrogen) atoms. The molecule has 0 saturated heterocycles. The fraction of sp³-hybridized carbons (Fsp3) is 0. The van der Waals surface area contributed by atoms with E-state index in [-0.39, 0.29) is 51.4 Å². The monoisotopic (exact) mass is 148 g/mol. The summed E-state index contributed by atoms with van der Waals surface area (Å²) in [6.07, 6.45) is 0. The van der Waals surface area contributed by atoms with Gasteiger partial charge in [0.2, 0.25) is 0 Å². The van der Waals surface area contributed by atoms with Crippen LogP contribution in [-0.2, 0) is 0 Å². The van der Waals surface area contributed by atoms with Crippen LogP contribution in [0, 0.1) is 11.3 Å². The standard InChI is InChI=1S/C5H3NS.K/c6-4-5-2-1-3-7-5;/h1-3H;.